The summed E-state index contributed by atoms with van der Waals surface area (Å²) in [6, 6.07) is 6.94. The third-order valence-electron chi connectivity index (χ3n) is 2.64. The van der Waals surface area contributed by atoms with Crippen molar-refractivity contribution in [3.05, 3.63) is 30.1 Å². The average Bonchev–Trinajstić information content (AvgIpc) is 2.30. The molecule has 2 rings (SSSR count). The molecule has 1 aromatic rings. The smallest absolute Gasteiger partial charge is 0.125 e. The van der Waals surface area contributed by atoms with Gasteiger partial charge in [-0.1, -0.05) is 6.07 Å². The van der Waals surface area contributed by atoms with Crippen molar-refractivity contribution < 1.29 is 9.13 Å². The maximum atomic E-state index is 12.9. The van der Waals surface area contributed by atoms with Crippen LogP contribution in [0.25, 0.3) is 0 Å². The van der Waals surface area contributed by atoms with Gasteiger partial charge in [-0.15, -0.1) is 0 Å². The molecule has 1 fully saturated rings. The fraction of sp³-hybridized carbons (Fsp3) is 0.500. The molecule has 2 N–H and O–H groups in total. The molecule has 1 heterocycles. The van der Waals surface area contributed by atoms with Crippen LogP contribution in [-0.2, 0) is 4.74 Å². The van der Waals surface area contributed by atoms with Crippen molar-refractivity contribution in [2.24, 2.45) is 0 Å². The molecule has 0 saturated carbocycles. The van der Waals surface area contributed by atoms with Gasteiger partial charge < -0.3 is 15.4 Å². The van der Waals surface area contributed by atoms with E-state index in [1.807, 2.05) is 6.07 Å². The molecule has 88 valence electrons. The number of hydrogen-bond acceptors (Lipinski definition) is 3. The summed E-state index contributed by atoms with van der Waals surface area (Å²) in [6.07, 6.45) is 0.983. The van der Waals surface area contributed by atoms with Gasteiger partial charge in [-0.05, 0) is 24.6 Å². The summed E-state index contributed by atoms with van der Waals surface area (Å²) in [5, 5.41) is 6.57. The van der Waals surface area contributed by atoms with E-state index in [9.17, 15) is 4.39 Å². The van der Waals surface area contributed by atoms with Gasteiger partial charge in [0.15, 0.2) is 0 Å². The first-order valence-corrected chi connectivity index (χ1v) is 5.65. The second-order valence-electron chi connectivity index (χ2n) is 3.95. The van der Waals surface area contributed by atoms with E-state index >= 15 is 0 Å². The van der Waals surface area contributed by atoms with Crippen molar-refractivity contribution in [1.82, 2.24) is 5.32 Å². The first-order chi connectivity index (χ1) is 7.84. The topological polar surface area (TPSA) is 33.3 Å². The number of nitrogens with one attached hydrogen (secondary N) is 2. The number of ether oxygens (including phenoxy) is 1. The van der Waals surface area contributed by atoms with Crippen LogP contribution in [0.5, 0.6) is 0 Å². The Labute approximate surface area is 95.0 Å². The molecule has 1 aromatic carbocycles. The molecule has 0 bridgehead atoms. The van der Waals surface area contributed by atoms with Crippen molar-refractivity contribution in [3.8, 4) is 0 Å². The Morgan fingerprint density at radius 3 is 3.19 bits per heavy atom. The molecule has 0 amide bonds. The molecule has 16 heavy (non-hydrogen) atoms. The Kier molecular flexibility index (Phi) is 4.13. The normalized spacial score (nSPS) is 20.7. The molecular formula is C12H17FN2O. The van der Waals surface area contributed by atoms with E-state index in [1.165, 1.54) is 12.1 Å². The van der Waals surface area contributed by atoms with E-state index in [1.54, 1.807) is 6.07 Å². The van der Waals surface area contributed by atoms with Crippen LogP contribution in [0.15, 0.2) is 24.3 Å². The summed E-state index contributed by atoms with van der Waals surface area (Å²) in [5.41, 5.74) is 0.830. The second kappa shape index (κ2) is 5.82. The number of halogens is 1. The van der Waals surface area contributed by atoms with E-state index in [2.05, 4.69) is 10.6 Å². The van der Waals surface area contributed by atoms with Crippen LogP contribution >= 0.6 is 0 Å². The highest BCUT2D eigenvalue weighted by Crippen LogP contribution is 2.09. The molecule has 1 saturated heterocycles. The molecule has 0 radical (unpaired) electrons. The zero-order valence-electron chi connectivity index (χ0n) is 9.21. The Balaban J connectivity index is 1.71. The Morgan fingerprint density at radius 2 is 2.44 bits per heavy atom. The molecule has 1 unspecified atom stereocenters. The maximum Gasteiger partial charge on any atom is 0.125 e. The SMILES string of the molecule is Fc1cccc(NCCC2COCCN2)c1. The highest BCUT2D eigenvalue weighted by molar-refractivity contribution is 5.42. The molecule has 0 aromatic heterocycles. The zero-order chi connectivity index (χ0) is 11.2. The number of anilines is 1. The van der Waals surface area contributed by atoms with Crippen molar-refractivity contribution in [1.29, 1.82) is 0 Å². The van der Waals surface area contributed by atoms with Gasteiger partial charge in [0.05, 0.1) is 13.2 Å². The predicted octanol–water partition coefficient (Wildman–Crippen LogP) is 1.62. The van der Waals surface area contributed by atoms with E-state index in [0.717, 1.165) is 38.4 Å². The molecular weight excluding hydrogens is 207 g/mol. The van der Waals surface area contributed by atoms with Gasteiger partial charge >= 0.3 is 0 Å². The van der Waals surface area contributed by atoms with Gasteiger partial charge in [-0.25, -0.2) is 4.39 Å². The minimum atomic E-state index is -0.205. The van der Waals surface area contributed by atoms with Crippen molar-refractivity contribution in [2.75, 3.05) is 31.6 Å². The fourth-order valence-electron chi connectivity index (χ4n) is 1.79. The van der Waals surface area contributed by atoms with Crippen molar-refractivity contribution in [3.63, 3.8) is 0 Å². The number of rotatable bonds is 4. The van der Waals surface area contributed by atoms with Crippen LogP contribution in [0.2, 0.25) is 0 Å². The third-order valence-corrected chi connectivity index (χ3v) is 2.64. The summed E-state index contributed by atoms with van der Waals surface area (Å²) >= 11 is 0. The number of benzene rings is 1. The Morgan fingerprint density at radius 1 is 1.50 bits per heavy atom. The first kappa shape index (κ1) is 11.4. The Bertz CT molecular complexity index is 327. The quantitative estimate of drug-likeness (QED) is 0.815. The van der Waals surface area contributed by atoms with E-state index < -0.39 is 0 Å². The van der Waals surface area contributed by atoms with Gasteiger partial charge in [-0.3, -0.25) is 0 Å². The largest absolute Gasteiger partial charge is 0.385 e. The third kappa shape index (κ3) is 3.47. The molecule has 3 nitrogen and oxygen atoms in total. The van der Waals surface area contributed by atoms with E-state index in [-0.39, 0.29) is 5.82 Å². The highest BCUT2D eigenvalue weighted by Gasteiger charge is 2.11. The second-order valence-corrected chi connectivity index (χ2v) is 3.95. The van der Waals surface area contributed by atoms with Gasteiger partial charge in [0.25, 0.3) is 0 Å². The van der Waals surface area contributed by atoms with Gasteiger partial charge in [0, 0.05) is 24.8 Å². The van der Waals surface area contributed by atoms with Crippen LogP contribution in [0.1, 0.15) is 6.42 Å². The first-order valence-electron chi connectivity index (χ1n) is 5.65. The molecule has 1 aliphatic heterocycles. The lowest BCUT2D eigenvalue weighted by molar-refractivity contribution is 0.0753. The summed E-state index contributed by atoms with van der Waals surface area (Å²) < 4.78 is 18.2. The standard InChI is InChI=1S/C12H17FN2O/c13-10-2-1-3-11(8-10)14-5-4-12-9-16-7-6-15-12/h1-3,8,12,14-15H,4-7,9H2. The van der Waals surface area contributed by atoms with Crippen LogP contribution in [0, 0.1) is 5.82 Å². The van der Waals surface area contributed by atoms with Gasteiger partial charge in [0.1, 0.15) is 5.82 Å². The minimum Gasteiger partial charge on any atom is -0.385 e. The fourth-order valence-corrected chi connectivity index (χ4v) is 1.79. The van der Waals surface area contributed by atoms with Crippen molar-refractivity contribution in [2.45, 2.75) is 12.5 Å². The predicted molar refractivity (Wildman–Crippen MR) is 62.1 cm³/mol. The minimum absolute atomic E-state index is 0.205. The summed E-state index contributed by atoms with van der Waals surface area (Å²) in [4.78, 5) is 0. The average molecular weight is 224 g/mol. The lowest BCUT2D eigenvalue weighted by atomic mass is 10.2. The Hall–Kier alpha value is -1.13. The molecule has 0 spiro atoms. The summed E-state index contributed by atoms with van der Waals surface area (Å²) in [7, 11) is 0. The van der Waals surface area contributed by atoms with E-state index in [0.29, 0.717) is 6.04 Å². The molecule has 1 atom stereocenters. The van der Waals surface area contributed by atoms with E-state index in [4.69, 9.17) is 4.74 Å². The van der Waals surface area contributed by atoms with Crippen LogP contribution in [0.4, 0.5) is 10.1 Å². The maximum absolute atomic E-state index is 12.9. The molecule has 0 aliphatic carbocycles. The lowest BCUT2D eigenvalue weighted by Gasteiger charge is -2.23. The number of morpholine rings is 1. The van der Waals surface area contributed by atoms with Crippen LogP contribution in [-0.4, -0.2) is 32.3 Å². The summed E-state index contributed by atoms with van der Waals surface area (Å²) in [5.74, 6) is -0.205. The highest BCUT2D eigenvalue weighted by atomic mass is 19.1. The van der Waals surface area contributed by atoms with Crippen molar-refractivity contribution >= 4 is 5.69 Å². The monoisotopic (exact) mass is 224 g/mol. The summed E-state index contributed by atoms with van der Waals surface area (Å²) in [6.45, 7) is 3.31. The lowest BCUT2D eigenvalue weighted by Crippen LogP contribution is -2.42. The van der Waals surface area contributed by atoms with Gasteiger partial charge in [-0.2, -0.15) is 0 Å². The molecule has 1 aliphatic rings. The van der Waals surface area contributed by atoms with Crippen LogP contribution in [0.3, 0.4) is 0 Å². The number of hydrogen-bond donors (Lipinski definition) is 2. The zero-order valence-corrected chi connectivity index (χ0v) is 9.21. The molecule has 4 heteroatoms. The van der Waals surface area contributed by atoms with Gasteiger partial charge in [0.2, 0.25) is 0 Å². The van der Waals surface area contributed by atoms with Crippen LogP contribution < -0.4 is 10.6 Å².